The van der Waals surface area contributed by atoms with Crippen molar-refractivity contribution in [1.82, 2.24) is 4.72 Å². The molecule has 2 aromatic rings. The second-order valence-corrected chi connectivity index (χ2v) is 7.59. The predicted octanol–water partition coefficient (Wildman–Crippen LogP) is 2.56. The van der Waals surface area contributed by atoms with Gasteiger partial charge in [-0.05, 0) is 30.3 Å². The van der Waals surface area contributed by atoms with Crippen LogP contribution >= 0.6 is 11.6 Å². The van der Waals surface area contributed by atoms with Crippen molar-refractivity contribution >= 4 is 33.2 Å². The minimum absolute atomic E-state index is 0.0293. The van der Waals surface area contributed by atoms with Gasteiger partial charge in [0, 0.05) is 13.7 Å². The Morgan fingerprint density at radius 3 is 2.46 bits per heavy atom. The van der Waals surface area contributed by atoms with Crippen LogP contribution in [0.3, 0.4) is 0 Å². The van der Waals surface area contributed by atoms with Gasteiger partial charge in [0.1, 0.15) is 23.1 Å². The van der Waals surface area contributed by atoms with E-state index in [1.165, 1.54) is 19.2 Å². The van der Waals surface area contributed by atoms with E-state index in [0.717, 1.165) is 24.3 Å². The number of methoxy groups -OCH3 is 1. The van der Waals surface area contributed by atoms with E-state index in [1.54, 1.807) is 0 Å². The fraction of sp³-hybridized carbons (Fsp3) is 0.235. The first-order chi connectivity index (χ1) is 13.2. The van der Waals surface area contributed by atoms with E-state index >= 15 is 0 Å². The zero-order chi connectivity index (χ0) is 20.7. The Hall–Kier alpha value is -2.27. The zero-order valence-electron chi connectivity index (χ0n) is 14.7. The lowest BCUT2D eigenvalue weighted by molar-refractivity contribution is -0.118. The Bertz CT molecular complexity index is 936. The summed E-state index contributed by atoms with van der Waals surface area (Å²) in [6, 6.07) is 6.82. The first kappa shape index (κ1) is 22.0. The monoisotopic (exact) mass is 434 g/mol. The number of hydrogen-bond donors (Lipinski definition) is 2. The van der Waals surface area contributed by atoms with Crippen LogP contribution in [-0.2, 0) is 19.6 Å². The SMILES string of the molecule is COCCNS(=O)(=O)c1ccc(OCC(=O)Nc2c(F)cccc2F)c(Cl)c1. The Kier molecular flexibility index (Phi) is 7.69. The highest BCUT2D eigenvalue weighted by Gasteiger charge is 2.17. The molecule has 152 valence electrons. The summed E-state index contributed by atoms with van der Waals surface area (Å²) in [5.41, 5.74) is -0.592. The van der Waals surface area contributed by atoms with Crippen LogP contribution in [0.25, 0.3) is 0 Å². The van der Waals surface area contributed by atoms with Crippen molar-refractivity contribution in [3.8, 4) is 5.75 Å². The summed E-state index contributed by atoms with van der Waals surface area (Å²) in [4.78, 5) is 11.7. The summed E-state index contributed by atoms with van der Waals surface area (Å²) in [7, 11) is -2.35. The van der Waals surface area contributed by atoms with Gasteiger partial charge >= 0.3 is 0 Å². The van der Waals surface area contributed by atoms with Crippen molar-refractivity contribution in [2.45, 2.75) is 4.90 Å². The molecule has 0 aliphatic carbocycles. The lowest BCUT2D eigenvalue weighted by Gasteiger charge is -2.11. The molecule has 0 saturated heterocycles. The van der Waals surface area contributed by atoms with Gasteiger partial charge in [0.15, 0.2) is 6.61 Å². The van der Waals surface area contributed by atoms with Gasteiger partial charge in [-0.3, -0.25) is 4.79 Å². The minimum Gasteiger partial charge on any atom is -0.482 e. The van der Waals surface area contributed by atoms with Gasteiger partial charge in [-0.1, -0.05) is 17.7 Å². The smallest absolute Gasteiger partial charge is 0.262 e. The first-order valence-electron chi connectivity index (χ1n) is 7.89. The lowest BCUT2D eigenvalue weighted by Crippen LogP contribution is -2.27. The third kappa shape index (κ3) is 5.86. The minimum atomic E-state index is -3.79. The number of para-hydroxylation sites is 1. The molecule has 0 radical (unpaired) electrons. The predicted molar refractivity (Wildman–Crippen MR) is 99.0 cm³/mol. The number of benzene rings is 2. The number of ether oxygens (including phenoxy) is 2. The molecule has 1 amide bonds. The van der Waals surface area contributed by atoms with Crippen LogP contribution in [0, 0.1) is 11.6 Å². The van der Waals surface area contributed by atoms with Crippen molar-refractivity contribution < 1.29 is 31.5 Å². The highest BCUT2D eigenvalue weighted by Crippen LogP contribution is 2.27. The molecule has 2 rings (SSSR count). The van der Waals surface area contributed by atoms with Crippen molar-refractivity contribution in [2.75, 3.05) is 32.2 Å². The molecule has 2 N–H and O–H groups in total. The second kappa shape index (κ2) is 9.78. The second-order valence-electron chi connectivity index (χ2n) is 5.42. The Labute approximate surface area is 165 Å². The fourth-order valence-corrected chi connectivity index (χ4v) is 3.40. The molecular formula is C17H17ClF2N2O5S. The first-order valence-corrected chi connectivity index (χ1v) is 9.75. The van der Waals surface area contributed by atoms with Gasteiger partial charge in [0.25, 0.3) is 5.91 Å². The van der Waals surface area contributed by atoms with E-state index in [-0.39, 0.29) is 28.8 Å². The lowest BCUT2D eigenvalue weighted by atomic mass is 10.3. The summed E-state index contributed by atoms with van der Waals surface area (Å²) >= 11 is 6.00. The van der Waals surface area contributed by atoms with E-state index in [1.807, 2.05) is 0 Å². The number of carbonyl (C=O) groups is 1. The maximum Gasteiger partial charge on any atom is 0.262 e. The van der Waals surface area contributed by atoms with Crippen molar-refractivity contribution in [3.63, 3.8) is 0 Å². The topological polar surface area (TPSA) is 93.7 Å². The van der Waals surface area contributed by atoms with E-state index in [9.17, 15) is 22.0 Å². The van der Waals surface area contributed by atoms with Gasteiger partial charge in [-0.2, -0.15) is 0 Å². The van der Waals surface area contributed by atoms with Crippen LogP contribution in [-0.4, -0.2) is 41.2 Å². The summed E-state index contributed by atoms with van der Waals surface area (Å²) in [5, 5.41) is 2.00. The average molecular weight is 435 g/mol. The molecule has 0 aromatic heterocycles. The van der Waals surface area contributed by atoms with Gasteiger partial charge < -0.3 is 14.8 Å². The molecule has 11 heteroatoms. The summed E-state index contributed by atoms with van der Waals surface area (Å²) < 4.78 is 63.5. The fourth-order valence-electron chi connectivity index (χ4n) is 2.06. The molecule has 0 atom stereocenters. The molecule has 0 saturated carbocycles. The summed E-state index contributed by atoms with van der Waals surface area (Å²) in [6.45, 7) is -0.307. The number of nitrogens with one attached hydrogen (secondary N) is 2. The van der Waals surface area contributed by atoms with Crippen LogP contribution in [0.5, 0.6) is 5.75 Å². The molecule has 2 aromatic carbocycles. The van der Waals surface area contributed by atoms with Crippen LogP contribution in [0.1, 0.15) is 0 Å². The molecule has 28 heavy (non-hydrogen) atoms. The van der Waals surface area contributed by atoms with E-state index in [0.29, 0.717) is 0 Å². The quantitative estimate of drug-likeness (QED) is 0.592. The third-order valence-corrected chi connectivity index (χ3v) is 5.15. The number of hydrogen-bond acceptors (Lipinski definition) is 5. The highest BCUT2D eigenvalue weighted by molar-refractivity contribution is 7.89. The average Bonchev–Trinajstić information content (AvgIpc) is 2.64. The molecule has 0 fully saturated rings. The van der Waals surface area contributed by atoms with Gasteiger partial charge in [0.2, 0.25) is 10.0 Å². The van der Waals surface area contributed by atoms with Crippen molar-refractivity contribution in [2.24, 2.45) is 0 Å². The Balaban J connectivity index is 2.00. The molecule has 7 nitrogen and oxygen atoms in total. The normalized spacial score (nSPS) is 11.3. The van der Waals surface area contributed by atoms with E-state index in [4.69, 9.17) is 21.1 Å². The largest absolute Gasteiger partial charge is 0.482 e. The third-order valence-electron chi connectivity index (χ3n) is 3.40. The number of rotatable bonds is 9. The number of halogens is 3. The van der Waals surface area contributed by atoms with Gasteiger partial charge in [0.05, 0.1) is 16.5 Å². The number of carbonyl (C=O) groups excluding carboxylic acids is 1. The van der Waals surface area contributed by atoms with Crippen molar-refractivity contribution in [3.05, 3.63) is 53.1 Å². The van der Waals surface area contributed by atoms with Gasteiger partial charge in [-0.25, -0.2) is 21.9 Å². The highest BCUT2D eigenvalue weighted by atomic mass is 35.5. The van der Waals surface area contributed by atoms with E-state index in [2.05, 4.69) is 10.0 Å². The number of amides is 1. The maximum absolute atomic E-state index is 13.5. The van der Waals surface area contributed by atoms with Crippen LogP contribution in [0.4, 0.5) is 14.5 Å². The maximum atomic E-state index is 13.5. The molecule has 0 spiro atoms. The summed E-state index contributed by atoms with van der Waals surface area (Å²) in [5.74, 6) is -2.65. The molecule has 0 aliphatic rings. The van der Waals surface area contributed by atoms with Gasteiger partial charge in [-0.15, -0.1) is 0 Å². The number of sulfonamides is 1. The van der Waals surface area contributed by atoms with E-state index < -0.39 is 39.9 Å². The molecule has 0 heterocycles. The van der Waals surface area contributed by atoms with Crippen LogP contribution < -0.4 is 14.8 Å². The van der Waals surface area contributed by atoms with Crippen molar-refractivity contribution in [1.29, 1.82) is 0 Å². The Morgan fingerprint density at radius 1 is 1.18 bits per heavy atom. The standard InChI is InChI=1S/C17H17ClF2N2O5S/c1-26-8-7-21-28(24,25)11-5-6-15(12(18)9-11)27-10-16(23)22-17-13(19)3-2-4-14(17)20/h2-6,9,21H,7-8,10H2,1H3,(H,22,23). The number of anilines is 1. The molecule has 0 unspecified atom stereocenters. The molecule has 0 aliphatic heterocycles. The Morgan fingerprint density at radius 2 is 1.86 bits per heavy atom. The molecule has 0 bridgehead atoms. The van der Waals surface area contributed by atoms with Crippen LogP contribution in [0.15, 0.2) is 41.3 Å². The molecular weight excluding hydrogens is 418 g/mol. The summed E-state index contributed by atoms with van der Waals surface area (Å²) in [6.07, 6.45) is 0. The zero-order valence-corrected chi connectivity index (χ0v) is 16.2. The van der Waals surface area contributed by atoms with Crippen LogP contribution in [0.2, 0.25) is 5.02 Å².